The maximum atomic E-state index is 5.28. The Morgan fingerprint density at radius 2 is 1.44 bits per heavy atom. The highest BCUT2D eigenvalue weighted by atomic mass is 16.5. The van der Waals surface area contributed by atoms with Crippen molar-refractivity contribution in [2.75, 3.05) is 19.8 Å². The molecule has 2 saturated heterocycles. The average Bonchev–Trinajstić information content (AvgIpc) is 2.46. The van der Waals surface area contributed by atoms with Crippen LogP contribution in [0.15, 0.2) is 0 Å². The van der Waals surface area contributed by atoms with E-state index >= 15 is 0 Å². The molecule has 0 aromatic rings. The molecule has 2 aliphatic rings. The van der Waals surface area contributed by atoms with Crippen LogP contribution in [0.5, 0.6) is 0 Å². The molecule has 0 aromatic carbocycles. The lowest BCUT2D eigenvalue weighted by molar-refractivity contribution is 0.0285. The van der Waals surface area contributed by atoms with Gasteiger partial charge < -0.3 is 9.47 Å². The highest BCUT2D eigenvalue weighted by Gasteiger charge is 2.06. The van der Waals surface area contributed by atoms with Crippen LogP contribution in [0.4, 0.5) is 0 Å². The van der Waals surface area contributed by atoms with Crippen LogP contribution in [0, 0.1) is 5.92 Å². The summed E-state index contributed by atoms with van der Waals surface area (Å²) >= 11 is 0. The van der Waals surface area contributed by atoms with E-state index in [1.54, 1.807) is 0 Å². The standard InChI is InChI=1S/2C6H12O.2C2H6/c1-6-3-2-4-7-5-6;1-6-4-2-3-5-7-6;2*1-2/h2*6H,2-5H2,1H3;2*1-2H3. The summed E-state index contributed by atoms with van der Waals surface area (Å²) in [5.74, 6) is 0.814. The topological polar surface area (TPSA) is 18.5 Å². The average molecular weight is 260 g/mol. The first-order valence-electron chi connectivity index (χ1n) is 7.98. The van der Waals surface area contributed by atoms with Crippen molar-refractivity contribution in [1.82, 2.24) is 0 Å². The molecule has 0 bridgehead atoms. The van der Waals surface area contributed by atoms with Crippen molar-refractivity contribution >= 4 is 0 Å². The Morgan fingerprint density at radius 3 is 1.67 bits per heavy atom. The Labute approximate surface area is 115 Å². The van der Waals surface area contributed by atoms with Gasteiger partial charge in [0, 0.05) is 19.8 Å². The second-order valence-corrected chi connectivity index (χ2v) is 4.50. The third kappa shape index (κ3) is 14.0. The van der Waals surface area contributed by atoms with Crippen LogP contribution in [0.25, 0.3) is 0 Å². The van der Waals surface area contributed by atoms with Gasteiger partial charge in [-0.15, -0.1) is 0 Å². The highest BCUT2D eigenvalue weighted by Crippen LogP contribution is 2.11. The van der Waals surface area contributed by atoms with Gasteiger partial charge in [-0.2, -0.15) is 0 Å². The Bertz CT molecular complexity index is 109. The van der Waals surface area contributed by atoms with Gasteiger partial charge in [0.2, 0.25) is 0 Å². The number of hydrogen-bond acceptors (Lipinski definition) is 2. The van der Waals surface area contributed by atoms with Gasteiger partial charge in [0.05, 0.1) is 6.10 Å². The molecule has 2 aliphatic heterocycles. The van der Waals surface area contributed by atoms with Crippen molar-refractivity contribution in [2.24, 2.45) is 5.92 Å². The minimum Gasteiger partial charge on any atom is -0.381 e. The number of ether oxygens (including phenoxy) is 2. The Kier molecular flexibility index (Phi) is 19.0. The first-order chi connectivity index (χ1) is 8.79. The van der Waals surface area contributed by atoms with Crippen molar-refractivity contribution in [3.8, 4) is 0 Å². The highest BCUT2D eigenvalue weighted by molar-refractivity contribution is 4.56. The Morgan fingerprint density at radius 1 is 0.778 bits per heavy atom. The van der Waals surface area contributed by atoms with Crippen LogP contribution >= 0.6 is 0 Å². The zero-order chi connectivity index (χ0) is 14.2. The maximum Gasteiger partial charge on any atom is 0.0547 e. The van der Waals surface area contributed by atoms with Crippen LogP contribution in [0.1, 0.15) is 73.6 Å². The van der Waals surface area contributed by atoms with Crippen LogP contribution < -0.4 is 0 Å². The molecule has 2 heteroatoms. The van der Waals surface area contributed by atoms with Crippen LogP contribution in [0.2, 0.25) is 0 Å². The van der Waals surface area contributed by atoms with Gasteiger partial charge in [-0.3, -0.25) is 0 Å². The molecule has 2 atom stereocenters. The predicted molar refractivity (Wildman–Crippen MR) is 81.2 cm³/mol. The summed E-state index contributed by atoms with van der Waals surface area (Å²) in [5.41, 5.74) is 0. The van der Waals surface area contributed by atoms with Crippen LogP contribution in [-0.2, 0) is 9.47 Å². The molecule has 2 unspecified atom stereocenters. The van der Waals surface area contributed by atoms with Gasteiger partial charge in [-0.1, -0.05) is 34.6 Å². The van der Waals surface area contributed by atoms with Crippen molar-refractivity contribution in [1.29, 1.82) is 0 Å². The molecule has 0 N–H and O–H groups in total. The first kappa shape index (κ1) is 20.2. The van der Waals surface area contributed by atoms with Gasteiger partial charge >= 0.3 is 0 Å². The predicted octanol–water partition coefficient (Wildman–Crippen LogP) is 5.06. The number of rotatable bonds is 0. The van der Waals surface area contributed by atoms with Gasteiger partial charge in [-0.05, 0) is 44.9 Å². The quantitative estimate of drug-likeness (QED) is 0.606. The van der Waals surface area contributed by atoms with E-state index in [1.807, 2.05) is 27.7 Å². The van der Waals surface area contributed by atoms with Gasteiger partial charge in [0.15, 0.2) is 0 Å². The van der Waals surface area contributed by atoms with Crippen LogP contribution in [0.3, 0.4) is 0 Å². The second kappa shape index (κ2) is 16.9. The minimum atomic E-state index is 0.536. The lowest BCUT2D eigenvalue weighted by atomic mass is 10.1. The fraction of sp³-hybridized carbons (Fsp3) is 1.00. The van der Waals surface area contributed by atoms with E-state index in [2.05, 4.69) is 13.8 Å². The van der Waals surface area contributed by atoms with Gasteiger partial charge in [0.25, 0.3) is 0 Å². The second-order valence-electron chi connectivity index (χ2n) is 4.50. The molecule has 2 rings (SSSR count). The molecule has 0 aliphatic carbocycles. The summed E-state index contributed by atoms with van der Waals surface area (Å²) in [6.07, 6.45) is 7.06. The maximum absolute atomic E-state index is 5.28. The molecule has 0 saturated carbocycles. The van der Waals surface area contributed by atoms with E-state index < -0.39 is 0 Å². The van der Waals surface area contributed by atoms with E-state index in [-0.39, 0.29) is 0 Å². The monoisotopic (exact) mass is 260 g/mol. The summed E-state index contributed by atoms with van der Waals surface area (Å²) < 4.78 is 10.5. The van der Waals surface area contributed by atoms with Crippen molar-refractivity contribution in [3.05, 3.63) is 0 Å². The van der Waals surface area contributed by atoms with Gasteiger partial charge in [0.1, 0.15) is 0 Å². The molecule has 0 spiro atoms. The van der Waals surface area contributed by atoms with E-state index in [0.717, 1.165) is 25.7 Å². The zero-order valence-corrected chi connectivity index (χ0v) is 13.6. The molecule has 2 heterocycles. The lowest BCUT2D eigenvalue weighted by Gasteiger charge is -2.17. The molecule has 2 fully saturated rings. The summed E-state index contributed by atoms with van der Waals surface area (Å²) in [6.45, 7) is 15.3. The van der Waals surface area contributed by atoms with E-state index in [9.17, 15) is 0 Å². The largest absolute Gasteiger partial charge is 0.381 e. The Balaban J connectivity index is 0. The third-order valence-electron chi connectivity index (χ3n) is 2.80. The molecule has 18 heavy (non-hydrogen) atoms. The first-order valence-corrected chi connectivity index (χ1v) is 7.98. The molecule has 0 radical (unpaired) electrons. The summed E-state index contributed by atoms with van der Waals surface area (Å²) in [6, 6.07) is 0. The third-order valence-corrected chi connectivity index (χ3v) is 2.80. The minimum absolute atomic E-state index is 0.536. The summed E-state index contributed by atoms with van der Waals surface area (Å²) in [4.78, 5) is 0. The normalized spacial score (nSPS) is 26.3. The van der Waals surface area contributed by atoms with E-state index in [4.69, 9.17) is 9.47 Å². The van der Waals surface area contributed by atoms with Crippen molar-refractivity contribution in [2.45, 2.75) is 79.8 Å². The summed E-state index contributed by atoms with van der Waals surface area (Å²) in [7, 11) is 0. The van der Waals surface area contributed by atoms with Gasteiger partial charge in [-0.25, -0.2) is 0 Å². The van der Waals surface area contributed by atoms with Crippen molar-refractivity contribution < 1.29 is 9.47 Å². The summed E-state index contributed by atoms with van der Waals surface area (Å²) in [5, 5.41) is 0. The molecule has 112 valence electrons. The van der Waals surface area contributed by atoms with Crippen molar-refractivity contribution in [3.63, 3.8) is 0 Å². The molecule has 2 nitrogen and oxygen atoms in total. The SMILES string of the molecule is CC.CC.CC1CCCCO1.CC1CCCOC1. The van der Waals surface area contributed by atoms with E-state index in [0.29, 0.717) is 6.10 Å². The number of hydrogen-bond donors (Lipinski definition) is 0. The Hall–Kier alpha value is -0.0800. The molecule has 0 amide bonds. The fourth-order valence-corrected chi connectivity index (χ4v) is 1.80. The fourth-order valence-electron chi connectivity index (χ4n) is 1.80. The molecular weight excluding hydrogens is 224 g/mol. The zero-order valence-electron chi connectivity index (χ0n) is 13.6. The molecular formula is C16H36O2. The lowest BCUT2D eigenvalue weighted by Crippen LogP contribution is -2.14. The van der Waals surface area contributed by atoms with E-state index in [1.165, 1.54) is 32.1 Å². The smallest absolute Gasteiger partial charge is 0.0547 e. The molecule has 0 aromatic heterocycles. The van der Waals surface area contributed by atoms with Crippen LogP contribution in [-0.4, -0.2) is 25.9 Å².